The molecule has 24 heavy (non-hydrogen) atoms. The molecule has 1 aliphatic heterocycles. The van der Waals surface area contributed by atoms with E-state index < -0.39 is 0 Å². The summed E-state index contributed by atoms with van der Waals surface area (Å²) in [6.07, 6.45) is -0.227. The van der Waals surface area contributed by atoms with Crippen LogP contribution in [0.4, 0.5) is 4.79 Å². The molecule has 1 aromatic carbocycles. The molecular formula is C17H27IN4O2. The summed E-state index contributed by atoms with van der Waals surface area (Å²) in [4.78, 5) is 20.0. The molecular weight excluding hydrogens is 419 g/mol. The molecule has 1 aromatic rings. The Bertz CT molecular complexity index is 540. The topological polar surface area (TPSA) is 57.2 Å². The normalized spacial score (nSPS) is 14.9. The molecule has 1 aliphatic rings. The maximum absolute atomic E-state index is 11.7. The van der Waals surface area contributed by atoms with E-state index >= 15 is 0 Å². The van der Waals surface area contributed by atoms with Crippen molar-refractivity contribution in [2.75, 3.05) is 39.8 Å². The van der Waals surface area contributed by atoms with Crippen LogP contribution in [0.2, 0.25) is 0 Å². The molecule has 2 rings (SSSR count). The van der Waals surface area contributed by atoms with Gasteiger partial charge in [0.15, 0.2) is 5.96 Å². The van der Waals surface area contributed by atoms with Gasteiger partial charge in [0.1, 0.15) is 0 Å². The second-order valence-corrected chi connectivity index (χ2v) is 5.56. The average molecular weight is 446 g/mol. The zero-order valence-electron chi connectivity index (χ0n) is 14.6. The Hall–Kier alpha value is -1.51. The number of aliphatic imine (C=N–C) groups is 1. The summed E-state index contributed by atoms with van der Waals surface area (Å²) >= 11 is 0. The van der Waals surface area contributed by atoms with Gasteiger partial charge in [-0.15, -0.1) is 24.0 Å². The van der Waals surface area contributed by atoms with E-state index in [0.29, 0.717) is 19.7 Å². The van der Waals surface area contributed by atoms with E-state index in [1.54, 1.807) is 11.9 Å². The van der Waals surface area contributed by atoms with Gasteiger partial charge in [0.25, 0.3) is 0 Å². The molecule has 0 spiro atoms. The van der Waals surface area contributed by atoms with Gasteiger partial charge in [-0.3, -0.25) is 4.99 Å². The van der Waals surface area contributed by atoms with Crippen molar-refractivity contribution < 1.29 is 9.53 Å². The number of aryl methyl sites for hydroxylation is 1. The number of guanidine groups is 1. The van der Waals surface area contributed by atoms with E-state index in [1.807, 2.05) is 6.92 Å². The highest BCUT2D eigenvalue weighted by molar-refractivity contribution is 14.0. The number of hydrogen-bond donors (Lipinski definition) is 1. The van der Waals surface area contributed by atoms with Gasteiger partial charge < -0.3 is 19.9 Å². The molecule has 1 saturated heterocycles. The molecule has 0 saturated carbocycles. The molecule has 134 valence electrons. The number of amides is 1. The van der Waals surface area contributed by atoms with Crippen LogP contribution >= 0.6 is 24.0 Å². The molecule has 7 heteroatoms. The van der Waals surface area contributed by atoms with Crippen LogP contribution in [0.25, 0.3) is 0 Å². The zero-order valence-corrected chi connectivity index (χ0v) is 16.9. The minimum Gasteiger partial charge on any atom is -0.450 e. The Morgan fingerprint density at radius 1 is 1.17 bits per heavy atom. The Labute approximate surface area is 161 Å². The predicted molar refractivity (Wildman–Crippen MR) is 107 cm³/mol. The standard InChI is InChI=1S/C17H26N4O2.HI/c1-4-23-17(22)21-11-9-20(10-12-21)16(18-3)19-13-15-7-5-14(2)6-8-15;/h5-8H,4,9-13H2,1-3H3,(H,18,19);1H. The van der Waals surface area contributed by atoms with Crippen molar-refractivity contribution in [3.63, 3.8) is 0 Å². The number of halogens is 1. The van der Waals surface area contributed by atoms with Gasteiger partial charge in [0.05, 0.1) is 6.61 Å². The molecule has 1 amide bonds. The van der Waals surface area contributed by atoms with E-state index in [-0.39, 0.29) is 30.1 Å². The fraction of sp³-hybridized carbons (Fsp3) is 0.529. The monoisotopic (exact) mass is 446 g/mol. The fourth-order valence-electron chi connectivity index (χ4n) is 2.53. The van der Waals surface area contributed by atoms with E-state index in [1.165, 1.54) is 11.1 Å². The maximum Gasteiger partial charge on any atom is 0.409 e. The number of carbonyl (C=O) groups excluding carboxylic acids is 1. The summed E-state index contributed by atoms with van der Waals surface area (Å²) < 4.78 is 5.04. The summed E-state index contributed by atoms with van der Waals surface area (Å²) in [7, 11) is 1.79. The van der Waals surface area contributed by atoms with Crippen LogP contribution in [0.15, 0.2) is 29.3 Å². The van der Waals surface area contributed by atoms with Crippen LogP contribution in [0.1, 0.15) is 18.1 Å². The lowest BCUT2D eigenvalue weighted by Crippen LogP contribution is -2.53. The van der Waals surface area contributed by atoms with Crippen molar-refractivity contribution in [2.45, 2.75) is 20.4 Å². The Morgan fingerprint density at radius 2 is 1.75 bits per heavy atom. The summed E-state index contributed by atoms with van der Waals surface area (Å²) in [5.74, 6) is 0.870. The first-order valence-electron chi connectivity index (χ1n) is 8.07. The number of carbonyl (C=O) groups is 1. The molecule has 6 nitrogen and oxygen atoms in total. The third-order valence-electron chi connectivity index (χ3n) is 3.89. The van der Waals surface area contributed by atoms with Gasteiger partial charge in [-0.05, 0) is 19.4 Å². The van der Waals surface area contributed by atoms with Crippen molar-refractivity contribution in [3.05, 3.63) is 35.4 Å². The number of nitrogens with one attached hydrogen (secondary N) is 1. The molecule has 0 atom stereocenters. The van der Waals surface area contributed by atoms with Gasteiger partial charge in [-0.1, -0.05) is 29.8 Å². The van der Waals surface area contributed by atoms with E-state index in [4.69, 9.17) is 4.74 Å². The summed E-state index contributed by atoms with van der Waals surface area (Å²) in [5.41, 5.74) is 2.48. The molecule has 0 radical (unpaired) electrons. The molecule has 1 N–H and O–H groups in total. The molecule has 0 bridgehead atoms. The van der Waals surface area contributed by atoms with Crippen LogP contribution in [-0.2, 0) is 11.3 Å². The highest BCUT2D eigenvalue weighted by Crippen LogP contribution is 2.06. The summed E-state index contributed by atoms with van der Waals surface area (Å²) in [5, 5.41) is 3.39. The first kappa shape index (κ1) is 20.5. The van der Waals surface area contributed by atoms with Crippen LogP contribution < -0.4 is 5.32 Å². The number of rotatable bonds is 3. The van der Waals surface area contributed by atoms with Gasteiger partial charge in [0, 0.05) is 39.8 Å². The first-order chi connectivity index (χ1) is 11.1. The van der Waals surface area contributed by atoms with Crippen LogP contribution in [0.3, 0.4) is 0 Å². The van der Waals surface area contributed by atoms with Crippen molar-refractivity contribution in [1.29, 1.82) is 0 Å². The predicted octanol–water partition coefficient (Wildman–Crippen LogP) is 2.46. The van der Waals surface area contributed by atoms with Gasteiger partial charge in [-0.25, -0.2) is 4.79 Å². The zero-order chi connectivity index (χ0) is 16.7. The minimum atomic E-state index is -0.227. The Kier molecular flexibility index (Phi) is 8.88. The quantitative estimate of drug-likeness (QED) is 0.441. The lowest BCUT2D eigenvalue weighted by atomic mass is 10.1. The highest BCUT2D eigenvalue weighted by atomic mass is 127. The molecule has 0 unspecified atom stereocenters. The lowest BCUT2D eigenvalue weighted by molar-refractivity contribution is 0.0914. The third-order valence-corrected chi connectivity index (χ3v) is 3.89. The van der Waals surface area contributed by atoms with Crippen molar-refractivity contribution in [3.8, 4) is 0 Å². The van der Waals surface area contributed by atoms with Gasteiger partial charge in [-0.2, -0.15) is 0 Å². The SMILES string of the molecule is CCOC(=O)N1CCN(C(=NC)NCc2ccc(C)cc2)CC1.I. The van der Waals surface area contributed by atoms with Crippen LogP contribution in [0.5, 0.6) is 0 Å². The van der Waals surface area contributed by atoms with E-state index in [2.05, 4.69) is 46.4 Å². The second kappa shape index (κ2) is 10.4. The van der Waals surface area contributed by atoms with E-state index in [9.17, 15) is 4.79 Å². The molecule has 1 heterocycles. The van der Waals surface area contributed by atoms with E-state index in [0.717, 1.165) is 25.6 Å². The first-order valence-corrected chi connectivity index (χ1v) is 8.07. The maximum atomic E-state index is 11.7. The highest BCUT2D eigenvalue weighted by Gasteiger charge is 2.23. The molecule has 1 fully saturated rings. The number of benzene rings is 1. The number of piperazine rings is 1. The van der Waals surface area contributed by atoms with Crippen molar-refractivity contribution in [1.82, 2.24) is 15.1 Å². The van der Waals surface area contributed by atoms with Crippen molar-refractivity contribution >= 4 is 36.0 Å². The molecule has 0 aliphatic carbocycles. The Morgan fingerprint density at radius 3 is 2.29 bits per heavy atom. The third kappa shape index (κ3) is 5.85. The average Bonchev–Trinajstić information content (AvgIpc) is 2.58. The van der Waals surface area contributed by atoms with Gasteiger partial charge in [0.2, 0.25) is 0 Å². The number of ether oxygens (including phenoxy) is 1. The van der Waals surface area contributed by atoms with Crippen LogP contribution in [0, 0.1) is 6.92 Å². The smallest absolute Gasteiger partial charge is 0.409 e. The molecule has 0 aromatic heterocycles. The summed E-state index contributed by atoms with van der Waals surface area (Å²) in [6.45, 7) is 7.89. The summed E-state index contributed by atoms with van der Waals surface area (Å²) in [6, 6.07) is 8.46. The Balaban J connectivity index is 0.00000288. The number of hydrogen-bond acceptors (Lipinski definition) is 3. The van der Waals surface area contributed by atoms with Crippen molar-refractivity contribution in [2.24, 2.45) is 4.99 Å². The van der Waals surface area contributed by atoms with Crippen LogP contribution in [-0.4, -0.2) is 61.7 Å². The largest absolute Gasteiger partial charge is 0.450 e. The lowest BCUT2D eigenvalue weighted by Gasteiger charge is -2.35. The fourth-order valence-corrected chi connectivity index (χ4v) is 2.53. The number of nitrogens with zero attached hydrogens (tertiary/aromatic N) is 3. The van der Waals surface area contributed by atoms with Gasteiger partial charge >= 0.3 is 6.09 Å². The second-order valence-electron chi connectivity index (χ2n) is 5.56. The minimum absolute atomic E-state index is 0.